The summed E-state index contributed by atoms with van der Waals surface area (Å²) in [6.07, 6.45) is 4.85. The largest absolute Gasteiger partial charge is 0.126 e. The van der Waals surface area contributed by atoms with Gasteiger partial charge in [-0.3, -0.25) is 0 Å². The first kappa shape index (κ1) is 10.9. The Hall–Kier alpha value is -0.170. The van der Waals surface area contributed by atoms with Crippen molar-refractivity contribution in [2.75, 3.05) is 5.88 Å². The van der Waals surface area contributed by atoms with E-state index in [0.29, 0.717) is 15.9 Å². The van der Waals surface area contributed by atoms with Gasteiger partial charge in [-0.25, -0.2) is 0 Å². The highest BCUT2D eigenvalue weighted by molar-refractivity contribution is 6.42. The molecule has 0 radical (unpaired) electrons. The average molecular weight is 236 g/mol. The minimum atomic E-state index is 0.578. The van der Waals surface area contributed by atoms with E-state index < -0.39 is 0 Å². The molecule has 0 fully saturated rings. The summed E-state index contributed by atoms with van der Waals surface area (Å²) in [7, 11) is 0. The molecule has 0 spiro atoms. The Morgan fingerprint density at radius 1 is 1.15 bits per heavy atom. The molecule has 0 aliphatic rings. The summed E-state index contributed by atoms with van der Waals surface area (Å²) in [6, 6.07) is 5.53. The van der Waals surface area contributed by atoms with Crippen LogP contribution in [0.1, 0.15) is 12.0 Å². The predicted molar refractivity (Wildman–Crippen MR) is 60.8 cm³/mol. The third-order valence-electron chi connectivity index (χ3n) is 1.53. The van der Waals surface area contributed by atoms with E-state index in [2.05, 4.69) is 0 Å². The molecule has 1 aromatic rings. The fourth-order valence-electron chi connectivity index (χ4n) is 0.898. The van der Waals surface area contributed by atoms with E-state index in [4.69, 9.17) is 34.8 Å². The molecule has 0 heterocycles. The lowest BCUT2D eigenvalue weighted by atomic mass is 10.2. The standard InChI is InChI=1S/C10H9Cl3/c11-6-2-1-3-8-4-5-9(12)10(13)7-8/h1,3-5,7H,2,6H2. The van der Waals surface area contributed by atoms with Crippen molar-refractivity contribution in [3.8, 4) is 0 Å². The van der Waals surface area contributed by atoms with Gasteiger partial charge in [-0.2, -0.15) is 0 Å². The van der Waals surface area contributed by atoms with Crippen molar-refractivity contribution in [1.82, 2.24) is 0 Å². The van der Waals surface area contributed by atoms with Crippen molar-refractivity contribution in [1.29, 1.82) is 0 Å². The zero-order chi connectivity index (χ0) is 9.68. The van der Waals surface area contributed by atoms with E-state index in [1.54, 1.807) is 6.07 Å². The van der Waals surface area contributed by atoms with Gasteiger partial charge in [0.25, 0.3) is 0 Å². The molecule has 1 rings (SSSR count). The molecule has 1 aromatic carbocycles. The zero-order valence-corrected chi connectivity index (χ0v) is 9.20. The number of rotatable bonds is 3. The van der Waals surface area contributed by atoms with Crippen LogP contribution < -0.4 is 0 Å². The van der Waals surface area contributed by atoms with E-state index in [-0.39, 0.29) is 0 Å². The van der Waals surface area contributed by atoms with E-state index >= 15 is 0 Å². The smallest absolute Gasteiger partial charge is 0.0598 e. The van der Waals surface area contributed by atoms with Crippen molar-refractivity contribution in [3.05, 3.63) is 39.9 Å². The lowest BCUT2D eigenvalue weighted by Gasteiger charge is -1.96. The molecular weight excluding hydrogens is 226 g/mol. The van der Waals surface area contributed by atoms with Crippen LogP contribution in [-0.4, -0.2) is 5.88 Å². The summed E-state index contributed by atoms with van der Waals surface area (Å²) in [6.45, 7) is 0. The van der Waals surface area contributed by atoms with Crippen molar-refractivity contribution in [3.63, 3.8) is 0 Å². The predicted octanol–water partition coefficient (Wildman–Crippen LogP) is 4.64. The molecule has 0 atom stereocenters. The van der Waals surface area contributed by atoms with Crippen LogP contribution in [0.25, 0.3) is 6.08 Å². The maximum atomic E-state index is 5.83. The first-order chi connectivity index (χ1) is 6.24. The molecule has 0 nitrogen and oxygen atoms in total. The minimum Gasteiger partial charge on any atom is -0.126 e. The number of allylic oxidation sites excluding steroid dienone is 1. The highest BCUT2D eigenvalue weighted by Gasteiger charge is 1.95. The van der Waals surface area contributed by atoms with Crippen LogP contribution in [0.15, 0.2) is 24.3 Å². The SMILES string of the molecule is ClCCC=Cc1ccc(Cl)c(Cl)c1. The summed E-state index contributed by atoms with van der Waals surface area (Å²) in [5.41, 5.74) is 1.04. The molecule has 0 aromatic heterocycles. The Balaban J connectivity index is 2.73. The number of hydrogen-bond donors (Lipinski definition) is 0. The highest BCUT2D eigenvalue weighted by Crippen LogP contribution is 2.23. The van der Waals surface area contributed by atoms with E-state index in [9.17, 15) is 0 Å². The summed E-state index contributed by atoms with van der Waals surface area (Å²) in [5.74, 6) is 0.637. The van der Waals surface area contributed by atoms with Gasteiger partial charge in [0, 0.05) is 5.88 Å². The van der Waals surface area contributed by atoms with Gasteiger partial charge < -0.3 is 0 Å². The molecule has 13 heavy (non-hydrogen) atoms. The van der Waals surface area contributed by atoms with Crippen molar-refractivity contribution in [2.45, 2.75) is 6.42 Å². The monoisotopic (exact) mass is 234 g/mol. The molecule has 0 amide bonds. The van der Waals surface area contributed by atoms with Crippen LogP contribution in [0, 0.1) is 0 Å². The van der Waals surface area contributed by atoms with Crippen LogP contribution >= 0.6 is 34.8 Å². The summed E-state index contributed by atoms with van der Waals surface area (Å²) < 4.78 is 0. The Bertz CT molecular complexity index is 305. The lowest BCUT2D eigenvalue weighted by molar-refractivity contribution is 1.24. The van der Waals surface area contributed by atoms with Crippen molar-refractivity contribution >= 4 is 40.9 Å². The Labute approximate surface area is 93.1 Å². The second-order valence-electron chi connectivity index (χ2n) is 2.55. The van der Waals surface area contributed by atoms with Crippen LogP contribution in [0.4, 0.5) is 0 Å². The average Bonchev–Trinajstić information content (AvgIpc) is 2.12. The maximum Gasteiger partial charge on any atom is 0.0598 e. The van der Waals surface area contributed by atoms with E-state index in [1.165, 1.54) is 0 Å². The summed E-state index contributed by atoms with van der Waals surface area (Å²) >= 11 is 17.1. The lowest BCUT2D eigenvalue weighted by Crippen LogP contribution is -1.74. The van der Waals surface area contributed by atoms with Crippen LogP contribution in [0.5, 0.6) is 0 Å². The molecular formula is C10H9Cl3. The number of alkyl halides is 1. The maximum absolute atomic E-state index is 5.83. The van der Waals surface area contributed by atoms with Gasteiger partial charge in [-0.1, -0.05) is 41.4 Å². The second-order valence-corrected chi connectivity index (χ2v) is 3.75. The number of hydrogen-bond acceptors (Lipinski definition) is 0. The normalized spacial score (nSPS) is 11.0. The molecule has 0 saturated heterocycles. The van der Waals surface area contributed by atoms with Gasteiger partial charge in [0.15, 0.2) is 0 Å². The Morgan fingerprint density at radius 3 is 2.54 bits per heavy atom. The van der Waals surface area contributed by atoms with Crippen molar-refractivity contribution in [2.24, 2.45) is 0 Å². The van der Waals surface area contributed by atoms with Gasteiger partial charge in [0.2, 0.25) is 0 Å². The Kier molecular flexibility index (Phi) is 4.65. The summed E-state index contributed by atoms with van der Waals surface area (Å²) in [4.78, 5) is 0. The molecule has 70 valence electrons. The van der Waals surface area contributed by atoms with Gasteiger partial charge in [0.05, 0.1) is 10.0 Å². The van der Waals surface area contributed by atoms with E-state index in [0.717, 1.165) is 12.0 Å². The highest BCUT2D eigenvalue weighted by atomic mass is 35.5. The molecule has 0 aliphatic carbocycles. The second kappa shape index (κ2) is 5.54. The molecule has 3 heteroatoms. The molecule has 0 bridgehead atoms. The molecule has 0 saturated carbocycles. The zero-order valence-electron chi connectivity index (χ0n) is 6.93. The molecule has 0 aliphatic heterocycles. The van der Waals surface area contributed by atoms with E-state index in [1.807, 2.05) is 24.3 Å². The third kappa shape index (κ3) is 3.60. The van der Waals surface area contributed by atoms with Gasteiger partial charge in [-0.05, 0) is 24.1 Å². The molecule has 0 N–H and O–H groups in total. The van der Waals surface area contributed by atoms with Gasteiger partial charge >= 0.3 is 0 Å². The minimum absolute atomic E-state index is 0.578. The Morgan fingerprint density at radius 2 is 1.92 bits per heavy atom. The third-order valence-corrected chi connectivity index (χ3v) is 2.49. The fraction of sp³-hybridized carbons (Fsp3) is 0.200. The topological polar surface area (TPSA) is 0 Å². The fourth-order valence-corrected chi connectivity index (χ4v) is 1.33. The number of halogens is 3. The molecule has 0 unspecified atom stereocenters. The van der Waals surface area contributed by atoms with Crippen molar-refractivity contribution < 1.29 is 0 Å². The summed E-state index contributed by atoms with van der Waals surface area (Å²) in [5, 5.41) is 1.16. The van der Waals surface area contributed by atoms with Gasteiger partial charge in [0.1, 0.15) is 0 Å². The first-order valence-corrected chi connectivity index (χ1v) is 5.20. The van der Waals surface area contributed by atoms with Crippen LogP contribution in [-0.2, 0) is 0 Å². The van der Waals surface area contributed by atoms with Crippen LogP contribution in [0.2, 0.25) is 10.0 Å². The van der Waals surface area contributed by atoms with Gasteiger partial charge in [-0.15, -0.1) is 11.6 Å². The quantitative estimate of drug-likeness (QED) is 0.670. The van der Waals surface area contributed by atoms with Crippen LogP contribution in [0.3, 0.4) is 0 Å². The number of benzene rings is 1. The first-order valence-electron chi connectivity index (χ1n) is 3.91.